The summed E-state index contributed by atoms with van der Waals surface area (Å²) in [7, 11) is 5.47. The molecule has 0 unspecified atom stereocenters. The van der Waals surface area contributed by atoms with Crippen LogP contribution >= 0.6 is 0 Å². The Kier molecular flexibility index (Phi) is 2.07. The molecule has 3 nitrogen and oxygen atoms in total. The molecule has 0 bridgehead atoms. The molecule has 14 heavy (non-hydrogen) atoms. The smallest absolute Gasteiger partial charge is 0.166 e. The number of rotatable bonds is 1. The van der Waals surface area contributed by atoms with Gasteiger partial charge in [0.2, 0.25) is 0 Å². The lowest BCUT2D eigenvalue weighted by atomic mass is 9.91. The van der Waals surface area contributed by atoms with Gasteiger partial charge in [-0.25, -0.2) is 4.39 Å². The number of halogens is 1. The number of fused-ring (bicyclic) bond motifs is 1. The van der Waals surface area contributed by atoms with Crippen LogP contribution < -0.4 is 10.9 Å². The summed E-state index contributed by atoms with van der Waals surface area (Å²) in [6.45, 7) is 0. The molecule has 1 heterocycles. The lowest BCUT2D eigenvalue weighted by Crippen LogP contribution is -2.18. The van der Waals surface area contributed by atoms with Gasteiger partial charge in [-0.1, -0.05) is 11.5 Å². The lowest BCUT2D eigenvalue weighted by Gasteiger charge is -2.15. The van der Waals surface area contributed by atoms with E-state index in [-0.39, 0.29) is 0 Å². The van der Waals surface area contributed by atoms with Crippen LogP contribution in [0.25, 0.3) is 0 Å². The van der Waals surface area contributed by atoms with Crippen molar-refractivity contribution in [2.75, 3.05) is 5.43 Å². The number of aldehydes is 1. The van der Waals surface area contributed by atoms with Crippen molar-refractivity contribution in [3.8, 4) is 0 Å². The minimum atomic E-state index is -0.450. The maximum atomic E-state index is 13.3. The molecule has 1 N–H and O–H groups in total. The molecule has 0 amide bonds. The predicted molar refractivity (Wildman–Crippen MR) is 52.6 cm³/mol. The Balaban J connectivity index is 2.47. The van der Waals surface area contributed by atoms with Crippen LogP contribution in [0, 0.1) is 5.82 Å². The van der Waals surface area contributed by atoms with E-state index in [4.69, 9.17) is 7.85 Å². The zero-order valence-electron chi connectivity index (χ0n) is 7.25. The van der Waals surface area contributed by atoms with Gasteiger partial charge in [-0.15, -0.1) is 0 Å². The first kappa shape index (κ1) is 8.93. The number of hydrogen-bond donors (Lipinski definition) is 1. The second kappa shape index (κ2) is 3.25. The molecular formula is C9H6BFN2O. The van der Waals surface area contributed by atoms with Gasteiger partial charge in [0.25, 0.3) is 0 Å². The highest BCUT2D eigenvalue weighted by molar-refractivity contribution is 6.33. The molecule has 2 rings (SSSR count). The fraction of sp³-hybridized carbons (Fsp3) is 0.111. The van der Waals surface area contributed by atoms with Crippen molar-refractivity contribution < 1.29 is 9.18 Å². The standard InChI is InChI=1S/C9H6BFN2O/c10-6-1-5-2-7(4-14)12-13-9(5)8(11)3-6/h1,3-4,13H,2H2. The SMILES string of the molecule is [B]c1cc(F)c2c(c1)CC(C=O)=NN2. The molecule has 0 aromatic heterocycles. The summed E-state index contributed by atoms with van der Waals surface area (Å²) in [5.41, 5.74) is 4.11. The van der Waals surface area contributed by atoms with Crippen molar-refractivity contribution in [3.63, 3.8) is 0 Å². The molecule has 0 aliphatic carbocycles. The molecule has 68 valence electrons. The van der Waals surface area contributed by atoms with Crippen LogP contribution in [0.4, 0.5) is 10.1 Å². The Hall–Kier alpha value is -1.65. The summed E-state index contributed by atoms with van der Waals surface area (Å²) in [4.78, 5) is 10.4. The number of hydrazone groups is 1. The average Bonchev–Trinajstić information content (AvgIpc) is 2.16. The van der Waals surface area contributed by atoms with Crippen molar-refractivity contribution in [1.29, 1.82) is 0 Å². The third kappa shape index (κ3) is 1.41. The number of benzene rings is 1. The van der Waals surface area contributed by atoms with Crippen LogP contribution in [0.1, 0.15) is 5.56 Å². The van der Waals surface area contributed by atoms with E-state index < -0.39 is 5.82 Å². The molecule has 0 saturated carbocycles. The Labute approximate surface area is 81.4 Å². The predicted octanol–water partition coefficient (Wildman–Crippen LogP) is 0.142. The topological polar surface area (TPSA) is 41.5 Å². The Morgan fingerprint density at radius 2 is 2.36 bits per heavy atom. The number of nitrogens with one attached hydrogen (secondary N) is 1. The van der Waals surface area contributed by atoms with E-state index in [1.807, 2.05) is 0 Å². The fourth-order valence-corrected chi connectivity index (χ4v) is 1.38. The van der Waals surface area contributed by atoms with Crippen molar-refractivity contribution >= 4 is 31.0 Å². The van der Waals surface area contributed by atoms with Gasteiger partial charge in [-0.2, -0.15) is 5.10 Å². The van der Waals surface area contributed by atoms with Crippen LogP contribution in [-0.2, 0) is 11.2 Å². The second-order valence-corrected chi connectivity index (χ2v) is 3.05. The summed E-state index contributed by atoms with van der Waals surface area (Å²) in [6, 6.07) is 2.84. The molecule has 0 saturated heterocycles. The van der Waals surface area contributed by atoms with E-state index in [9.17, 15) is 9.18 Å². The zero-order valence-corrected chi connectivity index (χ0v) is 7.25. The largest absolute Gasteiger partial charge is 0.296 e. The zero-order chi connectivity index (χ0) is 10.1. The van der Waals surface area contributed by atoms with Crippen molar-refractivity contribution in [1.82, 2.24) is 0 Å². The second-order valence-electron chi connectivity index (χ2n) is 3.05. The van der Waals surface area contributed by atoms with Crippen molar-refractivity contribution in [2.24, 2.45) is 5.10 Å². The Morgan fingerprint density at radius 3 is 3.07 bits per heavy atom. The number of hydrogen-bond acceptors (Lipinski definition) is 3. The highest BCUT2D eigenvalue weighted by Crippen LogP contribution is 2.22. The van der Waals surface area contributed by atoms with Gasteiger partial charge in [-0.3, -0.25) is 10.2 Å². The number of anilines is 1. The van der Waals surface area contributed by atoms with Gasteiger partial charge in [-0.05, 0) is 11.6 Å². The Morgan fingerprint density at radius 1 is 1.57 bits per heavy atom. The van der Waals surface area contributed by atoms with Gasteiger partial charge in [0, 0.05) is 6.42 Å². The Bertz CT molecular complexity index is 431. The third-order valence-corrected chi connectivity index (χ3v) is 2.01. The van der Waals surface area contributed by atoms with E-state index in [0.29, 0.717) is 35.1 Å². The molecule has 1 aromatic rings. The monoisotopic (exact) mass is 188 g/mol. The molecule has 5 heteroatoms. The quantitative estimate of drug-likeness (QED) is 0.503. The molecule has 1 aliphatic heterocycles. The molecule has 0 atom stereocenters. The first-order valence-electron chi connectivity index (χ1n) is 4.06. The van der Waals surface area contributed by atoms with E-state index in [1.54, 1.807) is 6.07 Å². The maximum Gasteiger partial charge on any atom is 0.166 e. The van der Waals surface area contributed by atoms with Gasteiger partial charge >= 0.3 is 0 Å². The summed E-state index contributed by atoms with van der Waals surface area (Å²) < 4.78 is 13.3. The summed E-state index contributed by atoms with van der Waals surface area (Å²) >= 11 is 0. The summed E-state index contributed by atoms with van der Waals surface area (Å²) in [5.74, 6) is -0.450. The summed E-state index contributed by atoms with van der Waals surface area (Å²) in [6.07, 6.45) is 0.949. The molecule has 0 spiro atoms. The van der Waals surface area contributed by atoms with Crippen LogP contribution in [0.15, 0.2) is 17.2 Å². The first-order valence-corrected chi connectivity index (χ1v) is 4.06. The summed E-state index contributed by atoms with van der Waals surface area (Å²) in [5, 5.41) is 3.70. The van der Waals surface area contributed by atoms with E-state index in [2.05, 4.69) is 10.5 Å². The minimum Gasteiger partial charge on any atom is -0.296 e. The third-order valence-electron chi connectivity index (χ3n) is 2.01. The van der Waals surface area contributed by atoms with Crippen LogP contribution in [0.2, 0.25) is 0 Å². The number of nitrogens with zero attached hydrogens (tertiary/aromatic N) is 1. The lowest BCUT2D eigenvalue weighted by molar-refractivity contribution is -0.102. The van der Waals surface area contributed by atoms with E-state index in [0.717, 1.165) is 0 Å². The van der Waals surface area contributed by atoms with Crippen LogP contribution in [-0.4, -0.2) is 19.8 Å². The van der Waals surface area contributed by atoms with Gasteiger partial charge < -0.3 is 0 Å². The van der Waals surface area contributed by atoms with Crippen LogP contribution in [0.3, 0.4) is 0 Å². The molecule has 1 aromatic carbocycles. The highest BCUT2D eigenvalue weighted by atomic mass is 19.1. The fourth-order valence-electron chi connectivity index (χ4n) is 1.38. The highest BCUT2D eigenvalue weighted by Gasteiger charge is 2.15. The maximum absolute atomic E-state index is 13.3. The van der Waals surface area contributed by atoms with Crippen molar-refractivity contribution in [3.05, 3.63) is 23.5 Å². The molecule has 0 fully saturated rings. The number of carbonyl (C=O) groups excluding carboxylic acids is 1. The van der Waals surface area contributed by atoms with E-state index in [1.165, 1.54) is 6.07 Å². The van der Waals surface area contributed by atoms with Gasteiger partial charge in [0.05, 0.1) is 5.69 Å². The van der Waals surface area contributed by atoms with Crippen LogP contribution in [0.5, 0.6) is 0 Å². The average molecular weight is 188 g/mol. The normalized spacial score (nSPS) is 13.9. The minimum absolute atomic E-state index is 0.296. The van der Waals surface area contributed by atoms with Gasteiger partial charge in [0.15, 0.2) is 6.29 Å². The molecular weight excluding hydrogens is 182 g/mol. The molecule has 2 radical (unpaired) electrons. The van der Waals surface area contributed by atoms with E-state index >= 15 is 0 Å². The van der Waals surface area contributed by atoms with Crippen molar-refractivity contribution in [2.45, 2.75) is 6.42 Å². The van der Waals surface area contributed by atoms with Gasteiger partial charge in [0.1, 0.15) is 19.4 Å². The first-order chi connectivity index (χ1) is 6.70. The molecule has 1 aliphatic rings. The number of carbonyl (C=O) groups is 1.